The summed E-state index contributed by atoms with van der Waals surface area (Å²) < 4.78 is 64.3. The number of rotatable bonds is 7. The van der Waals surface area contributed by atoms with Crippen LogP contribution in [0.3, 0.4) is 0 Å². The lowest BCUT2D eigenvalue weighted by molar-refractivity contribution is -0.0436. The van der Waals surface area contributed by atoms with Crippen molar-refractivity contribution in [2.75, 3.05) is 31.6 Å². The molecule has 0 bridgehead atoms. The van der Waals surface area contributed by atoms with Crippen LogP contribution in [0.4, 0.5) is 18.9 Å². The predicted molar refractivity (Wildman–Crippen MR) is 68.0 cm³/mol. The maximum Gasteiger partial charge on any atom is 0.501 e. The van der Waals surface area contributed by atoms with Crippen LogP contribution in [0.5, 0.6) is 0 Å². The number of ether oxygens (including phenoxy) is 1. The number of benzene rings is 1. The minimum absolute atomic E-state index is 0.389. The molecule has 0 fully saturated rings. The first-order valence-electron chi connectivity index (χ1n) is 5.72. The van der Waals surface area contributed by atoms with Gasteiger partial charge in [-0.3, -0.25) is 0 Å². The van der Waals surface area contributed by atoms with Gasteiger partial charge in [0.05, 0.1) is 18.1 Å². The Balaban J connectivity index is 2.61. The van der Waals surface area contributed by atoms with Crippen LogP contribution in [0, 0.1) is 0 Å². The van der Waals surface area contributed by atoms with E-state index in [2.05, 4.69) is 5.32 Å². The van der Waals surface area contributed by atoms with E-state index >= 15 is 0 Å². The third kappa shape index (κ3) is 4.36. The average Bonchev–Trinajstić information content (AvgIpc) is 2.38. The summed E-state index contributed by atoms with van der Waals surface area (Å²) in [4.78, 5) is -0.782. The van der Waals surface area contributed by atoms with Gasteiger partial charge in [-0.2, -0.15) is 13.2 Å². The van der Waals surface area contributed by atoms with E-state index in [1.54, 1.807) is 0 Å². The Bertz CT molecular complexity index is 515. The fourth-order valence-corrected chi connectivity index (χ4v) is 2.10. The Kier molecular flexibility index (Phi) is 5.78. The van der Waals surface area contributed by atoms with E-state index < -0.39 is 20.2 Å². The molecule has 0 atom stereocenters. The number of halogens is 3. The standard InChI is InChI=1S/C11H15F3N2O3S/c12-11(13,14)20(17,18)10-3-1-9(2-4-10)16-6-8-19-7-5-15/h1-4,16H,5-8,15H2. The second-order valence-electron chi connectivity index (χ2n) is 3.80. The van der Waals surface area contributed by atoms with E-state index in [1.807, 2.05) is 0 Å². The molecule has 0 aliphatic heterocycles. The summed E-state index contributed by atoms with van der Waals surface area (Å²) >= 11 is 0. The summed E-state index contributed by atoms with van der Waals surface area (Å²) in [5.41, 5.74) is 0.429. The van der Waals surface area contributed by atoms with Crippen molar-refractivity contribution in [2.24, 2.45) is 5.73 Å². The molecule has 1 aromatic rings. The number of anilines is 1. The molecule has 9 heteroatoms. The molecule has 0 spiro atoms. The van der Waals surface area contributed by atoms with Gasteiger partial charge in [-0.15, -0.1) is 0 Å². The smallest absolute Gasteiger partial charge is 0.383 e. The quantitative estimate of drug-likeness (QED) is 0.743. The van der Waals surface area contributed by atoms with Crippen molar-refractivity contribution in [3.05, 3.63) is 24.3 Å². The highest BCUT2D eigenvalue weighted by Gasteiger charge is 2.46. The molecule has 0 amide bonds. The maximum absolute atomic E-state index is 12.3. The van der Waals surface area contributed by atoms with Crippen LogP contribution in [-0.2, 0) is 14.6 Å². The van der Waals surface area contributed by atoms with Crippen LogP contribution >= 0.6 is 0 Å². The van der Waals surface area contributed by atoms with Crippen LogP contribution in [0.25, 0.3) is 0 Å². The van der Waals surface area contributed by atoms with Crippen molar-refractivity contribution in [3.8, 4) is 0 Å². The number of hydrogen-bond donors (Lipinski definition) is 2. The summed E-state index contributed by atoms with van der Waals surface area (Å²) in [5.74, 6) is 0. The van der Waals surface area contributed by atoms with Gasteiger partial charge in [-0.1, -0.05) is 0 Å². The summed E-state index contributed by atoms with van der Waals surface area (Å²) in [6.07, 6.45) is 0. The van der Waals surface area contributed by atoms with E-state index in [4.69, 9.17) is 10.5 Å². The molecular weight excluding hydrogens is 297 g/mol. The van der Waals surface area contributed by atoms with Crippen LogP contribution in [0.15, 0.2) is 29.2 Å². The Morgan fingerprint density at radius 2 is 1.75 bits per heavy atom. The van der Waals surface area contributed by atoms with Gasteiger partial charge in [-0.05, 0) is 24.3 Å². The van der Waals surface area contributed by atoms with E-state index in [0.717, 1.165) is 12.1 Å². The number of nitrogens with two attached hydrogens (primary N) is 1. The highest BCUT2D eigenvalue weighted by atomic mass is 32.2. The molecule has 0 aromatic heterocycles. The number of nitrogens with one attached hydrogen (secondary N) is 1. The third-order valence-corrected chi connectivity index (χ3v) is 3.81. The van der Waals surface area contributed by atoms with Crippen molar-refractivity contribution in [1.82, 2.24) is 0 Å². The molecule has 0 saturated heterocycles. The first-order chi connectivity index (χ1) is 9.29. The topological polar surface area (TPSA) is 81.4 Å². The van der Waals surface area contributed by atoms with E-state index in [0.29, 0.717) is 32.0 Å². The highest BCUT2D eigenvalue weighted by Crippen LogP contribution is 2.30. The Labute approximate surface area is 114 Å². The Morgan fingerprint density at radius 3 is 2.25 bits per heavy atom. The Hall–Kier alpha value is -1.32. The molecule has 0 aliphatic carbocycles. The zero-order valence-electron chi connectivity index (χ0n) is 10.5. The fourth-order valence-electron chi connectivity index (χ4n) is 1.34. The lowest BCUT2D eigenvalue weighted by Gasteiger charge is -2.10. The van der Waals surface area contributed by atoms with Crippen LogP contribution in [0.2, 0.25) is 0 Å². The normalized spacial score (nSPS) is 12.4. The molecule has 5 nitrogen and oxygen atoms in total. The second-order valence-corrected chi connectivity index (χ2v) is 5.74. The van der Waals surface area contributed by atoms with Crippen LogP contribution < -0.4 is 11.1 Å². The summed E-state index contributed by atoms with van der Waals surface area (Å²) in [5, 5.41) is 2.88. The van der Waals surface area contributed by atoms with Gasteiger partial charge in [0.15, 0.2) is 0 Å². The molecular formula is C11H15F3N2O3S. The predicted octanol–water partition coefficient (Wildman–Crippen LogP) is 1.37. The largest absolute Gasteiger partial charge is 0.501 e. The fraction of sp³-hybridized carbons (Fsp3) is 0.455. The van der Waals surface area contributed by atoms with Gasteiger partial charge in [0.25, 0.3) is 9.84 Å². The monoisotopic (exact) mass is 312 g/mol. The lowest BCUT2D eigenvalue weighted by Crippen LogP contribution is -2.23. The van der Waals surface area contributed by atoms with E-state index in [-0.39, 0.29) is 0 Å². The highest BCUT2D eigenvalue weighted by molar-refractivity contribution is 7.92. The first kappa shape index (κ1) is 16.7. The summed E-state index contributed by atoms with van der Waals surface area (Å²) in [6.45, 7) is 1.65. The average molecular weight is 312 g/mol. The maximum atomic E-state index is 12.3. The molecule has 0 heterocycles. The van der Waals surface area contributed by atoms with Crippen molar-refractivity contribution in [3.63, 3.8) is 0 Å². The second kappa shape index (κ2) is 6.91. The zero-order chi connectivity index (χ0) is 15.2. The molecule has 0 saturated carbocycles. The summed E-state index contributed by atoms with van der Waals surface area (Å²) in [6, 6.07) is 4.35. The molecule has 1 rings (SSSR count). The van der Waals surface area contributed by atoms with Gasteiger partial charge in [0.1, 0.15) is 0 Å². The number of hydrogen-bond acceptors (Lipinski definition) is 5. The molecule has 0 radical (unpaired) electrons. The minimum atomic E-state index is -5.29. The minimum Gasteiger partial charge on any atom is -0.383 e. The Morgan fingerprint density at radius 1 is 1.15 bits per heavy atom. The molecule has 114 valence electrons. The van der Waals surface area contributed by atoms with Gasteiger partial charge in [-0.25, -0.2) is 8.42 Å². The molecule has 1 aromatic carbocycles. The van der Waals surface area contributed by atoms with Crippen molar-refractivity contribution in [1.29, 1.82) is 0 Å². The van der Waals surface area contributed by atoms with E-state index in [1.165, 1.54) is 12.1 Å². The van der Waals surface area contributed by atoms with E-state index in [9.17, 15) is 21.6 Å². The van der Waals surface area contributed by atoms with Crippen molar-refractivity contribution in [2.45, 2.75) is 10.4 Å². The SMILES string of the molecule is NCCOCCNc1ccc(S(=O)(=O)C(F)(F)F)cc1. The lowest BCUT2D eigenvalue weighted by atomic mass is 10.3. The van der Waals surface area contributed by atoms with Gasteiger partial charge < -0.3 is 15.8 Å². The molecule has 20 heavy (non-hydrogen) atoms. The first-order valence-corrected chi connectivity index (χ1v) is 7.20. The van der Waals surface area contributed by atoms with Crippen LogP contribution in [0.1, 0.15) is 0 Å². The molecule has 3 N–H and O–H groups in total. The third-order valence-electron chi connectivity index (χ3n) is 2.31. The number of alkyl halides is 3. The summed E-state index contributed by atoms with van der Waals surface area (Å²) in [7, 11) is -5.29. The van der Waals surface area contributed by atoms with Gasteiger partial charge >= 0.3 is 5.51 Å². The van der Waals surface area contributed by atoms with Gasteiger partial charge in [0, 0.05) is 18.8 Å². The van der Waals surface area contributed by atoms with Crippen LogP contribution in [-0.4, -0.2) is 40.2 Å². The van der Waals surface area contributed by atoms with Gasteiger partial charge in [0.2, 0.25) is 0 Å². The van der Waals surface area contributed by atoms with Crippen molar-refractivity contribution >= 4 is 15.5 Å². The number of sulfone groups is 1. The van der Waals surface area contributed by atoms with Crippen molar-refractivity contribution < 1.29 is 26.3 Å². The zero-order valence-corrected chi connectivity index (χ0v) is 11.3. The molecule has 0 aliphatic rings. The molecule has 0 unspecified atom stereocenters.